The molecule has 0 fully saturated rings. The summed E-state index contributed by atoms with van der Waals surface area (Å²) in [4.78, 5) is 23.2. The van der Waals surface area contributed by atoms with Crippen LogP contribution in [-0.2, 0) is 6.42 Å². The van der Waals surface area contributed by atoms with Crippen molar-refractivity contribution in [2.24, 2.45) is 0 Å². The molecule has 0 aliphatic carbocycles. The number of amides is 2. The Morgan fingerprint density at radius 2 is 1.89 bits per heavy atom. The number of thioether (sulfide) groups is 2. The summed E-state index contributed by atoms with van der Waals surface area (Å²) in [5.41, 5.74) is 1.91. The van der Waals surface area contributed by atoms with E-state index >= 15 is 0 Å². The number of fused-ring (bicyclic) bond motifs is 1. The van der Waals surface area contributed by atoms with Gasteiger partial charge in [-0.05, 0) is 28.9 Å². The Balaban J connectivity index is 1.92. The molecule has 90 valence electrons. The molecule has 2 heterocycles. The van der Waals surface area contributed by atoms with Crippen molar-refractivity contribution in [3.05, 3.63) is 56.0 Å². The third-order valence-electron chi connectivity index (χ3n) is 2.76. The fourth-order valence-corrected chi connectivity index (χ4v) is 3.59. The summed E-state index contributed by atoms with van der Waals surface area (Å²) < 4.78 is 1.21. The highest BCUT2D eigenvalue weighted by atomic mass is 32.2. The monoisotopic (exact) mass is 275 g/mol. The fourth-order valence-electron chi connectivity index (χ4n) is 1.97. The van der Waals surface area contributed by atoms with Crippen molar-refractivity contribution < 1.29 is 9.59 Å². The van der Waals surface area contributed by atoms with Crippen molar-refractivity contribution in [1.29, 1.82) is 0 Å². The second-order valence-corrected chi connectivity index (χ2v) is 6.01. The lowest BCUT2D eigenvalue weighted by Gasteiger charge is -2.03. The number of rotatable bonds is 2. The summed E-state index contributed by atoms with van der Waals surface area (Å²) in [7, 11) is 0. The van der Waals surface area contributed by atoms with Crippen LogP contribution in [0.1, 0.15) is 26.3 Å². The van der Waals surface area contributed by atoms with Crippen LogP contribution in [0.3, 0.4) is 0 Å². The SMILES string of the molecule is O=C1NC(=O)c2c(CC=C3SC=CS3)cccc21. The van der Waals surface area contributed by atoms with Gasteiger partial charge in [-0.25, -0.2) is 0 Å². The number of allylic oxidation sites excluding steroid dienone is 1. The van der Waals surface area contributed by atoms with Gasteiger partial charge in [0.05, 0.1) is 11.1 Å². The molecule has 5 heteroatoms. The van der Waals surface area contributed by atoms with Gasteiger partial charge in [-0.15, -0.1) is 0 Å². The quantitative estimate of drug-likeness (QED) is 0.843. The maximum Gasteiger partial charge on any atom is 0.259 e. The minimum Gasteiger partial charge on any atom is -0.288 e. The maximum atomic E-state index is 11.7. The highest BCUT2D eigenvalue weighted by molar-refractivity contribution is 8.27. The fraction of sp³-hybridized carbons (Fsp3) is 0.0769. The number of carbonyl (C=O) groups excluding carboxylic acids is 2. The molecule has 3 rings (SSSR count). The van der Waals surface area contributed by atoms with Crippen molar-refractivity contribution in [3.8, 4) is 0 Å². The zero-order valence-electron chi connectivity index (χ0n) is 9.30. The summed E-state index contributed by atoms with van der Waals surface area (Å²) in [6.45, 7) is 0. The standard InChI is InChI=1S/C13H9NO2S2/c15-12-9-3-1-2-8(11(9)13(16)14-12)4-5-10-17-6-7-18-10/h1-3,5-7H,4H2,(H,14,15,16). The number of carbonyl (C=O) groups is 2. The van der Waals surface area contributed by atoms with Gasteiger partial charge in [0.25, 0.3) is 11.8 Å². The summed E-state index contributed by atoms with van der Waals surface area (Å²) in [6, 6.07) is 5.40. The minimum atomic E-state index is -0.296. The van der Waals surface area contributed by atoms with Crippen molar-refractivity contribution in [1.82, 2.24) is 5.32 Å². The van der Waals surface area contributed by atoms with Crippen molar-refractivity contribution in [2.45, 2.75) is 6.42 Å². The van der Waals surface area contributed by atoms with Crippen LogP contribution in [0.15, 0.2) is 39.3 Å². The molecule has 1 N–H and O–H groups in total. The van der Waals surface area contributed by atoms with E-state index < -0.39 is 0 Å². The molecule has 0 bridgehead atoms. The first-order chi connectivity index (χ1) is 8.75. The Morgan fingerprint density at radius 3 is 2.67 bits per heavy atom. The van der Waals surface area contributed by atoms with Crippen LogP contribution in [0.4, 0.5) is 0 Å². The molecule has 2 aliphatic heterocycles. The van der Waals surface area contributed by atoms with Gasteiger partial charge in [0, 0.05) is 4.24 Å². The Bertz CT molecular complexity index is 595. The second-order valence-electron chi connectivity index (χ2n) is 3.86. The van der Waals surface area contributed by atoms with E-state index in [-0.39, 0.29) is 11.8 Å². The lowest BCUT2D eigenvalue weighted by Crippen LogP contribution is -2.20. The number of nitrogens with one attached hydrogen (secondary N) is 1. The number of hydrogen-bond acceptors (Lipinski definition) is 4. The van der Waals surface area contributed by atoms with E-state index in [1.54, 1.807) is 29.6 Å². The molecular weight excluding hydrogens is 266 g/mol. The maximum absolute atomic E-state index is 11.7. The van der Waals surface area contributed by atoms with Gasteiger partial charge in [-0.3, -0.25) is 14.9 Å². The van der Waals surface area contributed by atoms with Gasteiger partial charge in [0.15, 0.2) is 0 Å². The highest BCUT2D eigenvalue weighted by Gasteiger charge is 2.28. The topological polar surface area (TPSA) is 46.2 Å². The molecule has 1 aromatic carbocycles. The van der Waals surface area contributed by atoms with Crippen LogP contribution >= 0.6 is 23.5 Å². The molecule has 2 aliphatic rings. The van der Waals surface area contributed by atoms with Crippen LogP contribution in [0, 0.1) is 0 Å². The van der Waals surface area contributed by atoms with Crippen molar-refractivity contribution in [2.75, 3.05) is 0 Å². The zero-order valence-corrected chi connectivity index (χ0v) is 10.9. The van der Waals surface area contributed by atoms with Crippen molar-refractivity contribution in [3.63, 3.8) is 0 Å². The van der Waals surface area contributed by atoms with E-state index in [9.17, 15) is 9.59 Å². The molecule has 3 nitrogen and oxygen atoms in total. The minimum absolute atomic E-state index is 0.283. The second kappa shape index (κ2) is 4.66. The van der Waals surface area contributed by atoms with Crippen LogP contribution < -0.4 is 5.32 Å². The Hall–Kier alpha value is -1.46. The lowest BCUT2D eigenvalue weighted by atomic mass is 10.0. The Labute approximate surface area is 113 Å². The molecule has 0 saturated heterocycles. The number of imide groups is 1. The van der Waals surface area contributed by atoms with Crippen LogP contribution in [0.5, 0.6) is 0 Å². The lowest BCUT2D eigenvalue weighted by molar-refractivity contribution is 0.0879. The summed E-state index contributed by atoms with van der Waals surface area (Å²) in [6.07, 6.45) is 2.75. The Morgan fingerprint density at radius 1 is 1.11 bits per heavy atom. The third kappa shape index (κ3) is 2.00. The van der Waals surface area contributed by atoms with E-state index in [1.165, 1.54) is 4.24 Å². The first-order valence-corrected chi connectivity index (χ1v) is 7.18. The van der Waals surface area contributed by atoms with Crippen LogP contribution in [0.2, 0.25) is 0 Å². The predicted octanol–water partition coefficient (Wildman–Crippen LogP) is 2.91. The summed E-state index contributed by atoms with van der Waals surface area (Å²) in [5, 5.41) is 6.39. The molecule has 0 unspecified atom stereocenters. The van der Waals surface area contributed by atoms with Gasteiger partial charge in [0.1, 0.15) is 0 Å². The molecular formula is C13H9NO2S2. The molecule has 0 aromatic heterocycles. The third-order valence-corrected chi connectivity index (χ3v) is 4.85. The van der Waals surface area contributed by atoms with E-state index in [4.69, 9.17) is 0 Å². The van der Waals surface area contributed by atoms with E-state index in [2.05, 4.69) is 11.4 Å². The predicted molar refractivity (Wildman–Crippen MR) is 74.3 cm³/mol. The first-order valence-electron chi connectivity index (χ1n) is 5.42. The van der Waals surface area contributed by atoms with Crippen LogP contribution in [0.25, 0.3) is 0 Å². The first kappa shape index (κ1) is 11.6. The van der Waals surface area contributed by atoms with Gasteiger partial charge in [0.2, 0.25) is 0 Å². The largest absolute Gasteiger partial charge is 0.288 e. The summed E-state index contributed by atoms with van der Waals surface area (Å²) >= 11 is 3.34. The average molecular weight is 275 g/mol. The molecule has 0 atom stereocenters. The van der Waals surface area contributed by atoms with E-state index in [0.717, 1.165) is 5.56 Å². The molecule has 0 radical (unpaired) electrons. The summed E-state index contributed by atoms with van der Waals surface area (Å²) in [5.74, 6) is -0.579. The normalized spacial score (nSPS) is 17.0. The molecule has 2 amide bonds. The number of hydrogen-bond donors (Lipinski definition) is 1. The van der Waals surface area contributed by atoms with Crippen molar-refractivity contribution >= 4 is 35.3 Å². The molecule has 0 saturated carbocycles. The Kier molecular flexibility index (Phi) is 3.01. The van der Waals surface area contributed by atoms with Gasteiger partial charge in [-0.1, -0.05) is 41.7 Å². The number of benzene rings is 1. The average Bonchev–Trinajstić information content (AvgIpc) is 2.97. The molecule has 18 heavy (non-hydrogen) atoms. The van der Waals surface area contributed by atoms with Crippen LogP contribution in [-0.4, -0.2) is 11.8 Å². The van der Waals surface area contributed by atoms with Gasteiger partial charge in [-0.2, -0.15) is 0 Å². The van der Waals surface area contributed by atoms with Gasteiger partial charge >= 0.3 is 0 Å². The van der Waals surface area contributed by atoms with E-state index in [0.29, 0.717) is 17.5 Å². The molecule has 1 aromatic rings. The van der Waals surface area contributed by atoms with E-state index in [1.807, 2.05) is 22.9 Å². The smallest absolute Gasteiger partial charge is 0.259 e. The molecule has 0 spiro atoms. The zero-order chi connectivity index (χ0) is 12.5. The van der Waals surface area contributed by atoms with Gasteiger partial charge < -0.3 is 0 Å². The highest BCUT2D eigenvalue weighted by Crippen LogP contribution is 2.37.